The van der Waals surface area contributed by atoms with Gasteiger partial charge in [-0.1, -0.05) is 6.07 Å². The molecular formula is C14H21N3O. The summed E-state index contributed by atoms with van der Waals surface area (Å²) in [5, 5.41) is 6.25. The van der Waals surface area contributed by atoms with Gasteiger partial charge in [0.2, 0.25) is 5.91 Å². The summed E-state index contributed by atoms with van der Waals surface area (Å²) in [6.45, 7) is 3.35. The molecule has 0 saturated carbocycles. The lowest BCUT2D eigenvalue weighted by Crippen LogP contribution is -2.31. The van der Waals surface area contributed by atoms with E-state index in [2.05, 4.69) is 21.7 Å². The van der Waals surface area contributed by atoms with Crippen molar-refractivity contribution in [3.63, 3.8) is 0 Å². The SMILES string of the molecule is CCNC(=O)CCNC1CCCc2cccnc21. The molecule has 1 amide bonds. The molecule has 1 aliphatic rings. The zero-order valence-corrected chi connectivity index (χ0v) is 10.9. The second kappa shape index (κ2) is 6.50. The van der Waals surface area contributed by atoms with Gasteiger partial charge >= 0.3 is 0 Å². The number of aromatic nitrogens is 1. The van der Waals surface area contributed by atoms with Crippen LogP contribution >= 0.6 is 0 Å². The van der Waals surface area contributed by atoms with Crippen molar-refractivity contribution in [2.24, 2.45) is 0 Å². The molecule has 0 aromatic carbocycles. The first-order valence-electron chi connectivity index (χ1n) is 6.75. The van der Waals surface area contributed by atoms with E-state index in [9.17, 15) is 4.79 Å². The number of pyridine rings is 1. The van der Waals surface area contributed by atoms with Crippen LogP contribution in [0.25, 0.3) is 0 Å². The van der Waals surface area contributed by atoms with E-state index in [0.717, 1.165) is 12.8 Å². The maximum Gasteiger partial charge on any atom is 0.221 e. The van der Waals surface area contributed by atoms with Crippen LogP contribution in [0.4, 0.5) is 0 Å². The fourth-order valence-electron chi connectivity index (χ4n) is 2.45. The van der Waals surface area contributed by atoms with E-state index in [1.54, 1.807) is 0 Å². The summed E-state index contributed by atoms with van der Waals surface area (Å²) in [4.78, 5) is 15.8. The van der Waals surface area contributed by atoms with Crippen LogP contribution in [-0.4, -0.2) is 24.0 Å². The topological polar surface area (TPSA) is 54.0 Å². The minimum atomic E-state index is 0.113. The predicted octanol–water partition coefficient (Wildman–Crippen LogP) is 1.57. The van der Waals surface area contributed by atoms with Crippen molar-refractivity contribution in [1.82, 2.24) is 15.6 Å². The molecule has 1 aromatic heterocycles. The molecule has 4 heteroatoms. The van der Waals surface area contributed by atoms with Crippen molar-refractivity contribution in [1.29, 1.82) is 0 Å². The molecule has 1 heterocycles. The van der Waals surface area contributed by atoms with Crippen LogP contribution in [0.3, 0.4) is 0 Å². The lowest BCUT2D eigenvalue weighted by molar-refractivity contribution is -0.120. The minimum Gasteiger partial charge on any atom is -0.356 e. The van der Waals surface area contributed by atoms with E-state index in [1.165, 1.54) is 17.7 Å². The van der Waals surface area contributed by atoms with Crippen LogP contribution in [0.1, 0.15) is 43.5 Å². The molecule has 98 valence electrons. The van der Waals surface area contributed by atoms with Crippen LogP contribution < -0.4 is 10.6 Å². The maximum absolute atomic E-state index is 11.4. The second-order valence-electron chi connectivity index (χ2n) is 4.65. The van der Waals surface area contributed by atoms with Gasteiger partial charge in [-0.3, -0.25) is 9.78 Å². The van der Waals surface area contributed by atoms with Gasteiger partial charge in [-0.05, 0) is 37.8 Å². The van der Waals surface area contributed by atoms with Gasteiger partial charge in [0.1, 0.15) is 0 Å². The van der Waals surface area contributed by atoms with Gasteiger partial charge in [0.05, 0.1) is 5.69 Å². The summed E-state index contributed by atoms with van der Waals surface area (Å²) in [6.07, 6.45) is 5.81. The van der Waals surface area contributed by atoms with E-state index in [0.29, 0.717) is 25.6 Å². The number of aryl methyl sites for hydroxylation is 1. The minimum absolute atomic E-state index is 0.113. The fourth-order valence-corrected chi connectivity index (χ4v) is 2.45. The standard InChI is InChI=1S/C14H21N3O/c1-2-15-13(18)8-10-16-12-7-3-5-11-6-4-9-17-14(11)12/h4,6,9,12,16H,2-3,5,7-8,10H2,1H3,(H,15,18). The quantitative estimate of drug-likeness (QED) is 0.830. The van der Waals surface area contributed by atoms with Crippen molar-refractivity contribution in [2.75, 3.05) is 13.1 Å². The van der Waals surface area contributed by atoms with E-state index < -0.39 is 0 Å². The summed E-state index contributed by atoms with van der Waals surface area (Å²) < 4.78 is 0. The second-order valence-corrected chi connectivity index (χ2v) is 4.65. The molecule has 0 saturated heterocycles. The van der Waals surface area contributed by atoms with Crippen molar-refractivity contribution in [2.45, 2.75) is 38.6 Å². The molecule has 18 heavy (non-hydrogen) atoms. The lowest BCUT2D eigenvalue weighted by Gasteiger charge is -2.25. The Hall–Kier alpha value is -1.42. The average molecular weight is 247 g/mol. The number of hydrogen-bond acceptors (Lipinski definition) is 3. The Kier molecular flexibility index (Phi) is 4.70. The largest absolute Gasteiger partial charge is 0.356 e. The molecule has 1 unspecified atom stereocenters. The average Bonchev–Trinajstić information content (AvgIpc) is 2.39. The highest BCUT2D eigenvalue weighted by molar-refractivity contribution is 5.75. The molecule has 2 N–H and O–H groups in total. The zero-order chi connectivity index (χ0) is 12.8. The van der Waals surface area contributed by atoms with Crippen LogP contribution in [0.2, 0.25) is 0 Å². The molecule has 0 radical (unpaired) electrons. The molecule has 0 fully saturated rings. The Labute approximate surface area is 108 Å². The Morgan fingerprint density at radius 3 is 3.28 bits per heavy atom. The van der Waals surface area contributed by atoms with Gasteiger partial charge in [0.25, 0.3) is 0 Å². The maximum atomic E-state index is 11.4. The number of nitrogens with zero attached hydrogens (tertiary/aromatic N) is 1. The first kappa shape index (κ1) is 13.0. The first-order chi connectivity index (χ1) is 8.81. The molecule has 0 aliphatic heterocycles. The first-order valence-corrected chi connectivity index (χ1v) is 6.75. The normalized spacial score (nSPS) is 18.2. The number of carbonyl (C=O) groups excluding carboxylic acids is 1. The number of nitrogens with one attached hydrogen (secondary N) is 2. The van der Waals surface area contributed by atoms with Gasteiger partial charge in [0.15, 0.2) is 0 Å². The summed E-state index contributed by atoms with van der Waals surface area (Å²) >= 11 is 0. The van der Waals surface area contributed by atoms with Crippen molar-refractivity contribution >= 4 is 5.91 Å². The third-order valence-corrected chi connectivity index (χ3v) is 3.31. The lowest BCUT2D eigenvalue weighted by atomic mass is 9.92. The summed E-state index contributed by atoms with van der Waals surface area (Å²) in [5.74, 6) is 0.113. The van der Waals surface area contributed by atoms with Gasteiger partial charge in [-0.2, -0.15) is 0 Å². The molecule has 2 rings (SSSR count). The highest BCUT2D eigenvalue weighted by Gasteiger charge is 2.20. The Morgan fingerprint density at radius 2 is 2.44 bits per heavy atom. The zero-order valence-electron chi connectivity index (χ0n) is 10.9. The molecule has 1 aliphatic carbocycles. The number of rotatable bonds is 5. The van der Waals surface area contributed by atoms with E-state index in [-0.39, 0.29) is 5.91 Å². The van der Waals surface area contributed by atoms with Gasteiger partial charge in [-0.25, -0.2) is 0 Å². The summed E-state index contributed by atoms with van der Waals surface area (Å²) in [6, 6.07) is 4.46. The van der Waals surface area contributed by atoms with Crippen LogP contribution in [0, 0.1) is 0 Å². The monoisotopic (exact) mass is 247 g/mol. The molecular weight excluding hydrogens is 226 g/mol. The Balaban J connectivity index is 1.86. The number of amides is 1. The fraction of sp³-hybridized carbons (Fsp3) is 0.571. The molecule has 0 bridgehead atoms. The molecule has 1 atom stereocenters. The van der Waals surface area contributed by atoms with Crippen LogP contribution in [0.5, 0.6) is 0 Å². The highest BCUT2D eigenvalue weighted by Crippen LogP contribution is 2.27. The van der Waals surface area contributed by atoms with E-state index in [1.807, 2.05) is 19.2 Å². The van der Waals surface area contributed by atoms with E-state index >= 15 is 0 Å². The summed E-state index contributed by atoms with van der Waals surface area (Å²) in [7, 11) is 0. The molecule has 1 aromatic rings. The Morgan fingerprint density at radius 1 is 1.56 bits per heavy atom. The molecule has 4 nitrogen and oxygen atoms in total. The number of hydrogen-bond donors (Lipinski definition) is 2. The van der Waals surface area contributed by atoms with Crippen LogP contribution in [-0.2, 0) is 11.2 Å². The van der Waals surface area contributed by atoms with Crippen molar-refractivity contribution in [3.8, 4) is 0 Å². The number of fused-ring (bicyclic) bond motifs is 1. The number of carbonyl (C=O) groups is 1. The third-order valence-electron chi connectivity index (χ3n) is 3.31. The van der Waals surface area contributed by atoms with Crippen LogP contribution in [0.15, 0.2) is 18.3 Å². The molecule has 0 spiro atoms. The predicted molar refractivity (Wildman–Crippen MR) is 71.2 cm³/mol. The van der Waals surface area contributed by atoms with Crippen molar-refractivity contribution < 1.29 is 4.79 Å². The van der Waals surface area contributed by atoms with Gasteiger partial charge in [0, 0.05) is 31.7 Å². The third kappa shape index (κ3) is 3.29. The van der Waals surface area contributed by atoms with Gasteiger partial charge in [-0.15, -0.1) is 0 Å². The summed E-state index contributed by atoms with van der Waals surface area (Å²) in [5.41, 5.74) is 2.51. The van der Waals surface area contributed by atoms with Crippen molar-refractivity contribution in [3.05, 3.63) is 29.6 Å². The highest BCUT2D eigenvalue weighted by atomic mass is 16.1. The smallest absolute Gasteiger partial charge is 0.221 e. The van der Waals surface area contributed by atoms with E-state index in [4.69, 9.17) is 0 Å². The van der Waals surface area contributed by atoms with Gasteiger partial charge < -0.3 is 10.6 Å². The Bertz CT molecular complexity index is 406.